The molecular weight excluding hydrogens is 218 g/mol. The molecule has 1 N–H and O–H groups in total. The lowest BCUT2D eigenvalue weighted by atomic mass is 10.2. The van der Waals surface area contributed by atoms with Crippen LogP contribution in [0.3, 0.4) is 0 Å². The SMILES string of the molecule is COC1CCC(NCCC(=O)OC(C)(C)C)C1. The summed E-state index contributed by atoms with van der Waals surface area (Å²) in [5.41, 5.74) is -0.383. The summed E-state index contributed by atoms with van der Waals surface area (Å²) in [7, 11) is 1.76. The minimum absolute atomic E-state index is 0.133. The normalized spacial score (nSPS) is 24.9. The molecule has 0 aromatic rings. The van der Waals surface area contributed by atoms with Crippen LogP contribution in [-0.4, -0.2) is 37.4 Å². The van der Waals surface area contributed by atoms with Crippen LogP contribution in [0.4, 0.5) is 0 Å². The molecule has 4 nitrogen and oxygen atoms in total. The van der Waals surface area contributed by atoms with Crippen LogP contribution in [0.2, 0.25) is 0 Å². The lowest BCUT2D eigenvalue weighted by Gasteiger charge is -2.20. The molecule has 0 aromatic heterocycles. The van der Waals surface area contributed by atoms with E-state index < -0.39 is 0 Å². The lowest BCUT2D eigenvalue weighted by molar-refractivity contribution is -0.154. The van der Waals surface area contributed by atoms with Crippen molar-refractivity contribution in [3.05, 3.63) is 0 Å². The van der Waals surface area contributed by atoms with Gasteiger partial charge in [0, 0.05) is 19.7 Å². The first-order valence-corrected chi connectivity index (χ1v) is 6.39. The fourth-order valence-electron chi connectivity index (χ4n) is 2.11. The monoisotopic (exact) mass is 243 g/mol. The predicted octanol–water partition coefficient (Wildman–Crippen LogP) is 1.88. The molecule has 2 unspecified atom stereocenters. The first kappa shape index (κ1) is 14.5. The van der Waals surface area contributed by atoms with E-state index in [1.807, 2.05) is 20.8 Å². The summed E-state index contributed by atoms with van der Waals surface area (Å²) in [5.74, 6) is -0.133. The van der Waals surface area contributed by atoms with Crippen molar-refractivity contribution >= 4 is 5.97 Å². The van der Waals surface area contributed by atoms with Crippen LogP contribution in [0.25, 0.3) is 0 Å². The molecule has 100 valence electrons. The number of nitrogens with one attached hydrogen (secondary N) is 1. The van der Waals surface area contributed by atoms with Crippen LogP contribution in [-0.2, 0) is 14.3 Å². The van der Waals surface area contributed by atoms with Crippen LogP contribution >= 0.6 is 0 Å². The van der Waals surface area contributed by atoms with Gasteiger partial charge in [0.15, 0.2) is 0 Å². The molecule has 0 amide bonds. The summed E-state index contributed by atoms with van der Waals surface area (Å²) < 4.78 is 10.5. The zero-order valence-electron chi connectivity index (χ0n) is 11.4. The highest BCUT2D eigenvalue weighted by Gasteiger charge is 2.24. The van der Waals surface area contributed by atoms with E-state index in [9.17, 15) is 4.79 Å². The van der Waals surface area contributed by atoms with Gasteiger partial charge in [-0.3, -0.25) is 4.79 Å². The maximum atomic E-state index is 11.5. The summed E-state index contributed by atoms with van der Waals surface area (Å²) >= 11 is 0. The Labute approximate surface area is 104 Å². The summed E-state index contributed by atoms with van der Waals surface area (Å²) in [6.07, 6.45) is 4.11. The van der Waals surface area contributed by atoms with Gasteiger partial charge in [0.05, 0.1) is 12.5 Å². The molecule has 0 aliphatic heterocycles. The minimum Gasteiger partial charge on any atom is -0.460 e. The van der Waals surface area contributed by atoms with Gasteiger partial charge in [-0.15, -0.1) is 0 Å². The summed E-state index contributed by atoms with van der Waals surface area (Å²) in [4.78, 5) is 11.5. The third kappa shape index (κ3) is 6.03. The molecule has 1 fully saturated rings. The second kappa shape index (κ2) is 6.36. The zero-order valence-corrected chi connectivity index (χ0v) is 11.4. The Kier molecular flexibility index (Phi) is 5.40. The Morgan fingerprint density at radius 3 is 2.59 bits per heavy atom. The number of methoxy groups -OCH3 is 1. The summed E-state index contributed by atoms with van der Waals surface area (Å²) in [6.45, 7) is 6.35. The molecule has 2 atom stereocenters. The van der Waals surface area contributed by atoms with Gasteiger partial charge in [-0.25, -0.2) is 0 Å². The molecule has 1 aliphatic carbocycles. The van der Waals surface area contributed by atoms with Crippen molar-refractivity contribution in [1.29, 1.82) is 0 Å². The third-order valence-corrected chi connectivity index (χ3v) is 2.90. The van der Waals surface area contributed by atoms with Crippen molar-refractivity contribution in [3.8, 4) is 0 Å². The van der Waals surface area contributed by atoms with E-state index in [2.05, 4.69) is 5.32 Å². The van der Waals surface area contributed by atoms with Crippen LogP contribution in [0.5, 0.6) is 0 Å². The van der Waals surface area contributed by atoms with E-state index in [-0.39, 0.29) is 11.6 Å². The quantitative estimate of drug-likeness (QED) is 0.749. The number of carbonyl (C=O) groups is 1. The molecule has 1 rings (SSSR count). The first-order valence-electron chi connectivity index (χ1n) is 6.39. The van der Waals surface area contributed by atoms with E-state index >= 15 is 0 Å². The van der Waals surface area contributed by atoms with E-state index in [1.54, 1.807) is 7.11 Å². The molecule has 0 saturated heterocycles. The molecule has 0 radical (unpaired) electrons. The largest absolute Gasteiger partial charge is 0.460 e. The van der Waals surface area contributed by atoms with Crippen LogP contribution in [0.15, 0.2) is 0 Å². The molecular formula is C13H25NO3. The number of hydrogen-bond donors (Lipinski definition) is 1. The Bertz CT molecular complexity index is 248. The Balaban J connectivity index is 2.10. The number of ether oxygens (including phenoxy) is 2. The molecule has 4 heteroatoms. The maximum absolute atomic E-state index is 11.5. The fraction of sp³-hybridized carbons (Fsp3) is 0.923. The van der Waals surface area contributed by atoms with Crippen molar-refractivity contribution in [3.63, 3.8) is 0 Å². The highest BCUT2D eigenvalue weighted by atomic mass is 16.6. The van der Waals surface area contributed by atoms with E-state index in [4.69, 9.17) is 9.47 Å². The Morgan fingerprint density at radius 1 is 1.35 bits per heavy atom. The van der Waals surface area contributed by atoms with E-state index in [1.165, 1.54) is 0 Å². The van der Waals surface area contributed by atoms with Crippen LogP contribution < -0.4 is 5.32 Å². The van der Waals surface area contributed by atoms with Gasteiger partial charge in [-0.1, -0.05) is 0 Å². The van der Waals surface area contributed by atoms with Gasteiger partial charge in [-0.2, -0.15) is 0 Å². The molecule has 0 spiro atoms. The summed E-state index contributed by atoms with van der Waals surface area (Å²) in [6, 6.07) is 0.488. The molecule has 1 aliphatic rings. The second-order valence-electron chi connectivity index (χ2n) is 5.66. The van der Waals surface area contributed by atoms with Gasteiger partial charge < -0.3 is 14.8 Å². The van der Waals surface area contributed by atoms with Gasteiger partial charge in [0.2, 0.25) is 0 Å². The highest BCUT2D eigenvalue weighted by Crippen LogP contribution is 2.21. The number of esters is 1. The number of hydrogen-bond acceptors (Lipinski definition) is 4. The topological polar surface area (TPSA) is 47.6 Å². The van der Waals surface area contributed by atoms with Crippen molar-refractivity contribution in [2.24, 2.45) is 0 Å². The fourth-order valence-corrected chi connectivity index (χ4v) is 2.11. The zero-order chi connectivity index (χ0) is 12.9. The van der Waals surface area contributed by atoms with Crippen molar-refractivity contribution in [1.82, 2.24) is 5.32 Å². The maximum Gasteiger partial charge on any atom is 0.307 e. The van der Waals surface area contributed by atoms with Crippen molar-refractivity contribution in [2.45, 2.75) is 64.2 Å². The van der Waals surface area contributed by atoms with Crippen LogP contribution in [0, 0.1) is 0 Å². The highest BCUT2D eigenvalue weighted by molar-refractivity contribution is 5.70. The van der Waals surface area contributed by atoms with Crippen molar-refractivity contribution in [2.75, 3.05) is 13.7 Å². The smallest absolute Gasteiger partial charge is 0.307 e. The van der Waals surface area contributed by atoms with E-state index in [0.29, 0.717) is 25.1 Å². The third-order valence-electron chi connectivity index (χ3n) is 2.90. The molecule has 17 heavy (non-hydrogen) atoms. The standard InChI is InChI=1S/C13H25NO3/c1-13(2,3)17-12(15)7-8-14-10-5-6-11(9-10)16-4/h10-11,14H,5-9H2,1-4H3. The van der Waals surface area contributed by atoms with Crippen molar-refractivity contribution < 1.29 is 14.3 Å². The lowest BCUT2D eigenvalue weighted by Crippen LogP contribution is -2.31. The Hall–Kier alpha value is -0.610. The molecule has 0 heterocycles. The van der Waals surface area contributed by atoms with Gasteiger partial charge in [0.25, 0.3) is 0 Å². The average molecular weight is 243 g/mol. The average Bonchev–Trinajstić information content (AvgIpc) is 2.63. The minimum atomic E-state index is -0.383. The molecule has 0 aromatic carbocycles. The van der Waals surface area contributed by atoms with Gasteiger partial charge in [0.1, 0.15) is 5.60 Å². The predicted molar refractivity (Wildman–Crippen MR) is 66.9 cm³/mol. The Morgan fingerprint density at radius 2 is 2.06 bits per heavy atom. The first-order chi connectivity index (χ1) is 7.90. The number of carbonyl (C=O) groups excluding carboxylic acids is 1. The van der Waals surface area contributed by atoms with Gasteiger partial charge >= 0.3 is 5.97 Å². The van der Waals surface area contributed by atoms with Crippen LogP contribution in [0.1, 0.15) is 46.5 Å². The second-order valence-corrected chi connectivity index (χ2v) is 5.66. The molecule has 1 saturated carbocycles. The van der Waals surface area contributed by atoms with E-state index in [0.717, 1.165) is 19.3 Å². The number of rotatable bonds is 5. The van der Waals surface area contributed by atoms with Gasteiger partial charge in [-0.05, 0) is 40.0 Å². The molecule has 0 bridgehead atoms. The summed E-state index contributed by atoms with van der Waals surface area (Å²) in [5, 5.41) is 3.38.